The van der Waals surface area contributed by atoms with Crippen LogP contribution in [0.5, 0.6) is 11.5 Å². The lowest BCUT2D eigenvalue weighted by molar-refractivity contribution is -0.139. The molecule has 1 unspecified atom stereocenters. The molecule has 3 aromatic carbocycles. The lowest BCUT2D eigenvalue weighted by Gasteiger charge is -2.32. The number of aryl methyl sites for hydroxylation is 1. The Morgan fingerprint density at radius 2 is 1.57 bits per heavy atom. The lowest BCUT2D eigenvalue weighted by Crippen LogP contribution is -2.51. The highest BCUT2D eigenvalue weighted by Gasteiger charge is 2.33. The molecule has 0 spiro atoms. The van der Waals surface area contributed by atoms with E-state index in [4.69, 9.17) is 9.47 Å². The maximum Gasteiger partial charge on any atom is 0.264 e. The van der Waals surface area contributed by atoms with E-state index in [0.29, 0.717) is 18.0 Å². The number of carbonyl (C=O) groups is 2. The van der Waals surface area contributed by atoms with Crippen LogP contribution in [0, 0.1) is 6.92 Å². The van der Waals surface area contributed by atoms with Crippen molar-refractivity contribution in [3.05, 3.63) is 83.9 Å². The van der Waals surface area contributed by atoms with Crippen LogP contribution in [0.2, 0.25) is 0 Å². The highest BCUT2D eigenvalue weighted by molar-refractivity contribution is 7.92. The van der Waals surface area contributed by atoms with Gasteiger partial charge in [-0.3, -0.25) is 13.9 Å². The van der Waals surface area contributed by atoms with Crippen LogP contribution in [0.3, 0.4) is 0 Å². The zero-order chi connectivity index (χ0) is 29.3. The molecule has 1 atom stereocenters. The first-order valence-corrected chi connectivity index (χ1v) is 14.5. The molecule has 0 heterocycles. The minimum atomic E-state index is -4.18. The Morgan fingerprint density at radius 1 is 0.925 bits per heavy atom. The van der Waals surface area contributed by atoms with Crippen LogP contribution in [-0.4, -0.2) is 58.5 Å². The van der Waals surface area contributed by atoms with E-state index in [1.165, 1.54) is 37.3 Å². The van der Waals surface area contributed by atoms with Crippen LogP contribution in [-0.2, 0) is 26.2 Å². The van der Waals surface area contributed by atoms with Crippen molar-refractivity contribution in [2.75, 3.05) is 31.6 Å². The molecule has 0 aromatic heterocycles. The summed E-state index contributed by atoms with van der Waals surface area (Å²) in [5.41, 5.74) is 2.03. The Kier molecular flexibility index (Phi) is 10.6. The summed E-state index contributed by atoms with van der Waals surface area (Å²) in [4.78, 5) is 28.4. The summed E-state index contributed by atoms with van der Waals surface area (Å²) < 4.78 is 39.6. The van der Waals surface area contributed by atoms with E-state index >= 15 is 0 Å². The van der Waals surface area contributed by atoms with Gasteiger partial charge in [-0.2, -0.15) is 0 Å². The molecule has 0 fully saturated rings. The number of amides is 2. The largest absolute Gasteiger partial charge is 0.493 e. The van der Waals surface area contributed by atoms with Gasteiger partial charge in [-0.25, -0.2) is 8.42 Å². The second kappa shape index (κ2) is 13.8. The van der Waals surface area contributed by atoms with Crippen LogP contribution >= 0.6 is 0 Å². The molecule has 0 radical (unpaired) electrons. The first kappa shape index (κ1) is 30.5. The van der Waals surface area contributed by atoms with Crippen molar-refractivity contribution in [2.24, 2.45) is 0 Å². The van der Waals surface area contributed by atoms with Crippen molar-refractivity contribution in [3.63, 3.8) is 0 Å². The maximum atomic E-state index is 14.0. The Morgan fingerprint density at radius 3 is 2.20 bits per heavy atom. The van der Waals surface area contributed by atoms with Gasteiger partial charge in [0.25, 0.3) is 10.0 Å². The summed E-state index contributed by atoms with van der Waals surface area (Å²) in [6.07, 6.45) is 0.743. The van der Waals surface area contributed by atoms with Crippen LogP contribution in [0.15, 0.2) is 77.7 Å². The molecule has 3 rings (SSSR count). The first-order valence-electron chi connectivity index (χ1n) is 13.1. The molecular weight excluding hydrogens is 530 g/mol. The predicted octanol–water partition coefficient (Wildman–Crippen LogP) is 4.15. The Balaban J connectivity index is 2.07. The molecular formula is C30H37N3O6S. The molecule has 0 aliphatic heterocycles. The van der Waals surface area contributed by atoms with Crippen LogP contribution < -0.4 is 19.1 Å². The van der Waals surface area contributed by atoms with E-state index in [1.54, 1.807) is 37.3 Å². The lowest BCUT2D eigenvalue weighted by atomic mass is 10.1. The number of anilines is 1. The molecule has 2 amide bonds. The summed E-state index contributed by atoms with van der Waals surface area (Å²) in [5.74, 6) is -0.120. The number of rotatable bonds is 13. The standard InChI is InChI=1S/C30H37N3O6S/c1-6-18-31-30(35)23(3)32(20-24-13-11-10-12-22(24)2)29(34)21-33(40(36,37)26-14-8-7-9-15-26)25-16-17-27(38-4)28(19-25)39-5/h7-17,19,23H,6,18,20-21H2,1-5H3,(H,31,35). The molecule has 0 aliphatic rings. The summed E-state index contributed by atoms with van der Waals surface area (Å²) in [7, 11) is -1.25. The zero-order valence-electron chi connectivity index (χ0n) is 23.6. The van der Waals surface area contributed by atoms with Gasteiger partial charge in [0.1, 0.15) is 12.6 Å². The van der Waals surface area contributed by atoms with Gasteiger partial charge in [-0.05, 0) is 55.7 Å². The third-order valence-corrected chi connectivity index (χ3v) is 8.37. The van der Waals surface area contributed by atoms with E-state index in [1.807, 2.05) is 38.1 Å². The van der Waals surface area contributed by atoms with E-state index in [2.05, 4.69) is 5.32 Å². The smallest absolute Gasteiger partial charge is 0.264 e. The average Bonchev–Trinajstić information content (AvgIpc) is 2.97. The Hall–Kier alpha value is -4.05. The highest BCUT2D eigenvalue weighted by Crippen LogP contribution is 2.34. The molecule has 0 saturated carbocycles. The molecule has 214 valence electrons. The molecule has 10 heteroatoms. The average molecular weight is 568 g/mol. The minimum Gasteiger partial charge on any atom is -0.493 e. The van der Waals surface area contributed by atoms with E-state index in [-0.39, 0.29) is 23.0 Å². The van der Waals surface area contributed by atoms with Gasteiger partial charge in [-0.15, -0.1) is 0 Å². The molecule has 0 aliphatic carbocycles. The van der Waals surface area contributed by atoms with Crippen molar-refractivity contribution >= 4 is 27.5 Å². The fraction of sp³-hybridized carbons (Fsp3) is 0.333. The van der Waals surface area contributed by atoms with Crippen molar-refractivity contribution in [2.45, 2.75) is 44.7 Å². The quantitative estimate of drug-likeness (QED) is 0.333. The molecule has 3 aromatic rings. The monoisotopic (exact) mass is 567 g/mol. The molecule has 0 bridgehead atoms. The number of benzene rings is 3. The van der Waals surface area contributed by atoms with Gasteiger partial charge in [0.15, 0.2) is 11.5 Å². The fourth-order valence-electron chi connectivity index (χ4n) is 4.18. The number of ether oxygens (including phenoxy) is 2. The highest BCUT2D eigenvalue weighted by atomic mass is 32.2. The maximum absolute atomic E-state index is 14.0. The van der Waals surface area contributed by atoms with Gasteiger partial charge < -0.3 is 19.7 Å². The van der Waals surface area contributed by atoms with Crippen LogP contribution in [0.25, 0.3) is 0 Å². The number of hydrogen-bond acceptors (Lipinski definition) is 6. The number of hydrogen-bond donors (Lipinski definition) is 1. The van der Waals surface area contributed by atoms with Crippen molar-refractivity contribution in [1.82, 2.24) is 10.2 Å². The third kappa shape index (κ3) is 7.12. The Bertz CT molecular complexity index is 1410. The van der Waals surface area contributed by atoms with Crippen LogP contribution in [0.4, 0.5) is 5.69 Å². The third-order valence-electron chi connectivity index (χ3n) is 6.58. The van der Waals surface area contributed by atoms with E-state index in [9.17, 15) is 18.0 Å². The number of nitrogens with zero attached hydrogens (tertiary/aromatic N) is 2. The van der Waals surface area contributed by atoms with E-state index < -0.39 is 28.5 Å². The van der Waals surface area contributed by atoms with Gasteiger partial charge in [0.05, 0.1) is 24.8 Å². The molecule has 1 N–H and O–H groups in total. The summed E-state index contributed by atoms with van der Waals surface area (Å²) >= 11 is 0. The molecule has 9 nitrogen and oxygen atoms in total. The topological polar surface area (TPSA) is 105 Å². The second-order valence-corrected chi connectivity index (χ2v) is 11.1. The van der Waals surface area contributed by atoms with Gasteiger partial charge in [-0.1, -0.05) is 49.4 Å². The second-order valence-electron chi connectivity index (χ2n) is 9.28. The van der Waals surface area contributed by atoms with Gasteiger partial charge in [0, 0.05) is 19.2 Å². The number of carbonyl (C=O) groups excluding carboxylic acids is 2. The zero-order valence-corrected chi connectivity index (χ0v) is 24.4. The van der Waals surface area contributed by atoms with Crippen molar-refractivity contribution < 1.29 is 27.5 Å². The summed E-state index contributed by atoms with van der Waals surface area (Å²) in [5, 5.41) is 2.84. The Labute approximate surface area is 236 Å². The van der Waals surface area contributed by atoms with Gasteiger partial charge in [0.2, 0.25) is 11.8 Å². The van der Waals surface area contributed by atoms with Gasteiger partial charge >= 0.3 is 0 Å². The normalized spacial score (nSPS) is 11.8. The summed E-state index contributed by atoms with van der Waals surface area (Å²) in [6, 6.07) is 19.3. The molecule has 0 saturated heterocycles. The van der Waals surface area contributed by atoms with E-state index in [0.717, 1.165) is 21.9 Å². The molecule has 40 heavy (non-hydrogen) atoms. The number of sulfonamides is 1. The fourth-order valence-corrected chi connectivity index (χ4v) is 5.61. The van der Waals surface area contributed by atoms with Crippen molar-refractivity contribution in [3.8, 4) is 11.5 Å². The summed E-state index contributed by atoms with van der Waals surface area (Å²) in [6.45, 7) is 5.58. The minimum absolute atomic E-state index is 0.0248. The van der Waals surface area contributed by atoms with Crippen LogP contribution in [0.1, 0.15) is 31.4 Å². The number of nitrogens with one attached hydrogen (secondary N) is 1. The number of methoxy groups -OCH3 is 2. The SMILES string of the molecule is CCCNC(=O)C(C)N(Cc1ccccc1C)C(=O)CN(c1ccc(OC)c(OC)c1)S(=O)(=O)c1ccccc1. The predicted molar refractivity (Wildman–Crippen MR) is 155 cm³/mol. The van der Waals surface area contributed by atoms with Crippen molar-refractivity contribution in [1.29, 1.82) is 0 Å². The first-order chi connectivity index (χ1) is 19.1.